The van der Waals surface area contributed by atoms with Gasteiger partial charge in [-0.15, -0.1) is 0 Å². The van der Waals surface area contributed by atoms with Gasteiger partial charge in [0.2, 0.25) is 0 Å². The van der Waals surface area contributed by atoms with Crippen molar-refractivity contribution in [1.82, 2.24) is 0 Å². The molecule has 0 aliphatic carbocycles. The summed E-state index contributed by atoms with van der Waals surface area (Å²) >= 11 is 0. The Morgan fingerprint density at radius 3 is 2.35 bits per heavy atom. The van der Waals surface area contributed by atoms with Gasteiger partial charge in [0, 0.05) is 13.1 Å². The van der Waals surface area contributed by atoms with Crippen molar-refractivity contribution in [3.05, 3.63) is 42.0 Å². The molecule has 0 bridgehead atoms. The highest BCUT2D eigenvalue weighted by Gasteiger charge is 2.19. The van der Waals surface area contributed by atoms with Gasteiger partial charge in [-0.2, -0.15) is 0 Å². The summed E-state index contributed by atoms with van der Waals surface area (Å²) in [5.74, 6) is -0.253. The Balaban J connectivity index is 2.13. The Hall–Kier alpha value is -2.03. The van der Waals surface area contributed by atoms with E-state index in [1.807, 2.05) is 24.3 Å². The smallest absolute Gasteiger partial charge is 0.339 e. The molecule has 2 aromatic carbocycles. The molecule has 20 heavy (non-hydrogen) atoms. The van der Waals surface area contributed by atoms with E-state index >= 15 is 0 Å². The third kappa shape index (κ3) is 2.36. The number of ether oxygens (including phenoxy) is 1. The van der Waals surface area contributed by atoms with Crippen LogP contribution in [-0.4, -0.2) is 26.2 Å². The van der Waals surface area contributed by atoms with Crippen LogP contribution in [0.2, 0.25) is 0 Å². The lowest BCUT2D eigenvalue weighted by Crippen LogP contribution is -2.30. The molecule has 0 unspecified atom stereocenters. The number of rotatable bonds is 2. The molecule has 0 radical (unpaired) electrons. The summed E-state index contributed by atoms with van der Waals surface area (Å²) in [6.07, 6.45) is 3.65. The molecular weight excluding hydrogens is 250 g/mol. The second-order valence-corrected chi connectivity index (χ2v) is 5.26. The van der Waals surface area contributed by atoms with Crippen LogP contribution in [0.25, 0.3) is 10.8 Å². The normalized spacial score (nSPS) is 15.3. The first kappa shape index (κ1) is 13.0. The summed E-state index contributed by atoms with van der Waals surface area (Å²) in [5, 5.41) is 2.24. The van der Waals surface area contributed by atoms with E-state index in [2.05, 4.69) is 17.0 Å². The lowest BCUT2D eigenvalue weighted by Gasteiger charge is -2.30. The molecule has 0 amide bonds. The molecule has 2 aromatic rings. The van der Waals surface area contributed by atoms with Crippen LogP contribution in [-0.2, 0) is 4.74 Å². The van der Waals surface area contributed by atoms with Crippen molar-refractivity contribution in [3.63, 3.8) is 0 Å². The maximum atomic E-state index is 12.1. The van der Waals surface area contributed by atoms with E-state index in [1.165, 1.54) is 31.8 Å². The van der Waals surface area contributed by atoms with E-state index in [0.717, 1.165) is 24.2 Å². The molecule has 0 saturated carbocycles. The number of methoxy groups -OCH3 is 1. The number of fused-ring (bicyclic) bond motifs is 1. The van der Waals surface area contributed by atoms with Crippen LogP contribution in [0.15, 0.2) is 36.4 Å². The van der Waals surface area contributed by atoms with Gasteiger partial charge in [-0.25, -0.2) is 4.79 Å². The molecule has 1 aliphatic rings. The van der Waals surface area contributed by atoms with Crippen LogP contribution < -0.4 is 4.90 Å². The number of benzene rings is 2. The molecule has 104 valence electrons. The van der Waals surface area contributed by atoms with Gasteiger partial charge in [0.25, 0.3) is 0 Å². The highest BCUT2D eigenvalue weighted by molar-refractivity contribution is 6.02. The number of hydrogen-bond acceptors (Lipinski definition) is 3. The van der Waals surface area contributed by atoms with E-state index in [4.69, 9.17) is 4.74 Å². The monoisotopic (exact) mass is 269 g/mol. The highest BCUT2D eigenvalue weighted by Crippen LogP contribution is 2.29. The molecule has 0 spiro atoms. The largest absolute Gasteiger partial charge is 0.465 e. The van der Waals surface area contributed by atoms with Gasteiger partial charge in [0.1, 0.15) is 0 Å². The first-order chi connectivity index (χ1) is 9.79. The van der Waals surface area contributed by atoms with Crippen LogP contribution in [0.4, 0.5) is 5.69 Å². The van der Waals surface area contributed by atoms with Gasteiger partial charge in [-0.1, -0.05) is 24.3 Å². The molecule has 1 heterocycles. The van der Waals surface area contributed by atoms with E-state index < -0.39 is 0 Å². The quantitative estimate of drug-likeness (QED) is 0.780. The number of hydrogen-bond donors (Lipinski definition) is 0. The van der Waals surface area contributed by atoms with Gasteiger partial charge in [-0.05, 0) is 42.2 Å². The van der Waals surface area contributed by atoms with Crippen LogP contribution in [0, 0.1) is 0 Å². The first-order valence-electron chi connectivity index (χ1n) is 7.15. The number of piperidine rings is 1. The molecule has 3 nitrogen and oxygen atoms in total. The standard InChI is InChI=1S/C17H19NO2/c1-20-17(19)15-11-13-7-3-4-8-14(13)12-16(15)18-9-5-2-6-10-18/h3-4,7-8,11-12H,2,5-6,9-10H2,1H3. The Kier molecular flexibility index (Phi) is 3.59. The highest BCUT2D eigenvalue weighted by atomic mass is 16.5. The zero-order chi connectivity index (χ0) is 13.9. The van der Waals surface area contributed by atoms with Crippen molar-refractivity contribution in [1.29, 1.82) is 0 Å². The van der Waals surface area contributed by atoms with E-state index in [1.54, 1.807) is 0 Å². The van der Waals surface area contributed by atoms with Crippen molar-refractivity contribution in [3.8, 4) is 0 Å². The lowest BCUT2D eigenvalue weighted by molar-refractivity contribution is 0.0601. The minimum absolute atomic E-state index is 0.253. The summed E-state index contributed by atoms with van der Waals surface area (Å²) in [7, 11) is 1.44. The molecule has 0 N–H and O–H groups in total. The fraction of sp³-hybridized carbons (Fsp3) is 0.353. The van der Waals surface area contributed by atoms with Crippen molar-refractivity contribution >= 4 is 22.4 Å². The molecule has 0 atom stereocenters. The van der Waals surface area contributed by atoms with Crippen molar-refractivity contribution in [2.45, 2.75) is 19.3 Å². The third-order valence-corrected chi connectivity index (χ3v) is 3.97. The second kappa shape index (κ2) is 5.53. The van der Waals surface area contributed by atoms with Crippen LogP contribution >= 0.6 is 0 Å². The fourth-order valence-electron chi connectivity index (χ4n) is 2.90. The molecule has 3 heteroatoms. The Morgan fingerprint density at radius 2 is 1.70 bits per heavy atom. The van der Waals surface area contributed by atoms with Crippen LogP contribution in [0.3, 0.4) is 0 Å². The van der Waals surface area contributed by atoms with E-state index in [-0.39, 0.29) is 5.97 Å². The van der Waals surface area contributed by atoms with Crippen molar-refractivity contribution in [2.75, 3.05) is 25.1 Å². The number of carbonyl (C=O) groups excluding carboxylic acids is 1. The zero-order valence-electron chi connectivity index (χ0n) is 11.8. The van der Waals surface area contributed by atoms with Crippen molar-refractivity contribution in [2.24, 2.45) is 0 Å². The molecule has 0 aromatic heterocycles. The van der Waals surface area contributed by atoms with Gasteiger partial charge >= 0.3 is 5.97 Å². The third-order valence-electron chi connectivity index (χ3n) is 3.97. The van der Waals surface area contributed by atoms with Gasteiger partial charge in [0.05, 0.1) is 18.4 Å². The number of anilines is 1. The van der Waals surface area contributed by atoms with E-state index in [9.17, 15) is 4.79 Å². The Bertz CT molecular complexity index is 630. The molecule has 3 rings (SSSR count). The van der Waals surface area contributed by atoms with Gasteiger partial charge < -0.3 is 9.64 Å². The van der Waals surface area contributed by atoms with Crippen LogP contribution in [0.5, 0.6) is 0 Å². The summed E-state index contributed by atoms with van der Waals surface area (Å²) in [6.45, 7) is 2.03. The SMILES string of the molecule is COC(=O)c1cc2ccccc2cc1N1CCCCC1. The predicted molar refractivity (Wildman–Crippen MR) is 81.4 cm³/mol. The maximum absolute atomic E-state index is 12.1. The Morgan fingerprint density at radius 1 is 1.05 bits per heavy atom. The average molecular weight is 269 g/mol. The maximum Gasteiger partial charge on any atom is 0.339 e. The number of esters is 1. The summed E-state index contributed by atoms with van der Waals surface area (Å²) in [4.78, 5) is 14.4. The summed E-state index contributed by atoms with van der Waals surface area (Å²) < 4.78 is 4.95. The summed E-state index contributed by atoms with van der Waals surface area (Å²) in [6, 6.07) is 12.2. The van der Waals surface area contributed by atoms with Crippen LogP contribution in [0.1, 0.15) is 29.6 Å². The van der Waals surface area contributed by atoms with Crippen molar-refractivity contribution < 1.29 is 9.53 Å². The number of nitrogens with zero attached hydrogens (tertiary/aromatic N) is 1. The molecule has 1 fully saturated rings. The average Bonchev–Trinajstić information content (AvgIpc) is 2.53. The second-order valence-electron chi connectivity index (χ2n) is 5.26. The molecule has 1 aliphatic heterocycles. The van der Waals surface area contributed by atoms with Gasteiger partial charge in [0.15, 0.2) is 0 Å². The minimum Gasteiger partial charge on any atom is -0.465 e. The fourth-order valence-corrected chi connectivity index (χ4v) is 2.90. The topological polar surface area (TPSA) is 29.5 Å². The lowest BCUT2D eigenvalue weighted by atomic mass is 10.0. The predicted octanol–water partition coefficient (Wildman–Crippen LogP) is 3.62. The van der Waals surface area contributed by atoms with E-state index in [0.29, 0.717) is 5.56 Å². The first-order valence-corrected chi connectivity index (χ1v) is 7.15. The summed E-state index contributed by atoms with van der Waals surface area (Å²) in [5.41, 5.74) is 1.68. The van der Waals surface area contributed by atoms with Gasteiger partial charge in [-0.3, -0.25) is 0 Å². The minimum atomic E-state index is -0.253. The zero-order valence-corrected chi connectivity index (χ0v) is 11.8. The molecule has 1 saturated heterocycles. The Labute approximate surface area is 119 Å². The molecular formula is C17H19NO2. The number of carbonyl (C=O) groups is 1.